The van der Waals surface area contributed by atoms with E-state index in [2.05, 4.69) is 0 Å². The normalized spacial score (nSPS) is 10.5. The minimum absolute atomic E-state index is 0.903. The Morgan fingerprint density at radius 2 is 1.90 bits per heavy atom. The van der Waals surface area contributed by atoms with Crippen LogP contribution in [0.2, 0.25) is 0 Å². The average Bonchev–Trinajstić information content (AvgIpc) is 1.95. The van der Waals surface area contributed by atoms with E-state index in [1.165, 1.54) is 11.8 Å². The van der Waals surface area contributed by atoms with Crippen molar-refractivity contribution in [3.63, 3.8) is 0 Å². The molecule has 0 heterocycles. The molecule has 0 spiro atoms. The van der Waals surface area contributed by atoms with Gasteiger partial charge in [0.15, 0.2) is 6.21 Å². The Morgan fingerprint density at radius 3 is 2.40 bits per heavy atom. The van der Waals surface area contributed by atoms with Crippen molar-refractivity contribution < 1.29 is 5.16 Å². The van der Waals surface area contributed by atoms with Crippen molar-refractivity contribution in [2.75, 3.05) is 0 Å². The first-order valence-corrected chi connectivity index (χ1v) is 3.10. The van der Waals surface area contributed by atoms with Gasteiger partial charge in [0.25, 0.3) is 0 Å². The van der Waals surface area contributed by atoms with Crippen LogP contribution in [-0.2, 0) is 0 Å². The number of benzene rings is 1. The zero-order valence-corrected chi connectivity index (χ0v) is 5.79. The lowest BCUT2D eigenvalue weighted by Crippen LogP contribution is -2.60. The molecule has 0 unspecified atom stereocenters. The maximum Gasteiger partial charge on any atom is 0.179 e. The molecular formula is C8H9NO. The van der Waals surface area contributed by atoms with Crippen molar-refractivity contribution in [2.24, 2.45) is 0 Å². The highest BCUT2D eigenvalue weighted by atomic mass is 16.4. The summed E-state index contributed by atoms with van der Waals surface area (Å²) in [6.45, 7) is 2.01. The third-order valence-electron chi connectivity index (χ3n) is 1.30. The number of aryl methyl sites for hydroxylation is 1. The van der Waals surface area contributed by atoms with E-state index in [1.54, 1.807) is 5.16 Å². The maximum absolute atomic E-state index is 9.88. The monoisotopic (exact) mass is 135 g/mol. The predicted molar refractivity (Wildman–Crippen MR) is 40.7 cm³/mol. The van der Waals surface area contributed by atoms with Gasteiger partial charge >= 0.3 is 0 Å². The molecule has 2 heteroatoms. The lowest BCUT2D eigenvalue weighted by molar-refractivity contribution is -0.366. The SMILES string of the molecule is Cc1ccc(C=[NH+][O-])cc1. The zero-order chi connectivity index (χ0) is 7.40. The van der Waals surface area contributed by atoms with E-state index in [1.807, 2.05) is 31.2 Å². The molecule has 1 N–H and O–H groups in total. The van der Waals surface area contributed by atoms with Gasteiger partial charge in [0.05, 0.1) is 0 Å². The molecule has 0 aliphatic rings. The largest absolute Gasteiger partial charge is 0.625 e. The van der Waals surface area contributed by atoms with E-state index >= 15 is 0 Å². The minimum atomic E-state index is 0.903. The summed E-state index contributed by atoms with van der Waals surface area (Å²) in [5.74, 6) is 0. The van der Waals surface area contributed by atoms with E-state index in [9.17, 15) is 5.21 Å². The predicted octanol–water partition coefficient (Wildman–Crippen LogP) is -0.00768. The zero-order valence-electron chi connectivity index (χ0n) is 5.79. The Bertz CT molecular complexity index is 226. The first-order chi connectivity index (χ1) is 4.83. The summed E-state index contributed by atoms with van der Waals surface area (Å²) in [7, 11) is 0. The van der Waals surface area contributed by atoms with Gasteiger partial charge in [-0.1, -0.05) is 17.7 Å². The maximum atomic E-state index is 9.88. The molecule has 10 heavy (non-hydrogen) atoms. The highest BCUT2D eigenvalue weighted by molar-refractivity contribution is 5.74. The summed E-state index contributed by atoms with van der Waals surface area (Å²) >= 11 is 0. The first-order valence-electron chi connectivity index (χ1n) is 3.10. The van der Waals surface area contributed by atoms with Crippen LogP contribution in [-0.4, -0.2) is 6.21 Å². The van der Waals surface area contributed by atoms with Crippen molar-refractivity contribution in [1.29, 1.82) is 0 Å². The van der Waals surface area contributed by atoms with Crippen molar-refractivity contribution in [1.82, 2.24) is 0 Å². The summed E-state index contributed by atoms with van der Waals surface area (Å²) in [5.41, 5.74) is 2.10. The average molecular weight is 135 g/mol. The fraction of sp³-hybridized carbons (Fsp3) is 0.125. The Kier molecular flexibility index (Phi) is 2.05. The number of rotatable bonds is 1. The lowest BCUT2D eigenvalue weighted by Gasteiger charge is -1.90. The van der Waals surface area contributed by atoms with Crippen LogP contribution < -0.4 is 5.16 Å². The van der Waals surface area contributed by atoms with Crippen molar-refractivity contribution in [3.05, 3.63) is 40.6 Å². The third kappa shape index (κ3) is 1.58. The van der Waals surface area contributed by atoms with Gasteiger partial charge in [0.2, 0.25) is 0 Å². The summed E-state index contributed by atoms with van der Waals surface area (Å²) in [6, 6.07) is 7.70. The molecule has 52 valence electrons. The molecule has 1 aromatic carbocycles. The van der Waals surface area contributed by atoms with Gasteiger partial charge in [-0.3, -0.25) is 0 Å². The first kappa shape index (κ1) is 6.81. The molecule has 0 saturated carbocycles. The molecule has 1 rings (SSSR count). The number of hydrogen-bond acceptors (Lipinski definition) is 1. The summed E-state index contributed by atoms with van der Waals surface area (Å²) in [5, 5.41) is 11.6. The number of hydrogen-bond donors (Lipinski definition) is 1. The molecular weight excluding hydrogens is 126 g/mol. The van der Waals surface area contributed by atoms with E-state index in [0.29, 0.717) is 0 Å². The van der Waals surface area contributed by atoms with E-state index in [0.717, 1.165) is 5.56 Å². The van der Waals surface area contributed by atoms with E-state index < -0.39 is 0 Å². The van der Waals surface area contributed by atoms with Crippen LogP contribution in [0.4, 0.5) is 0 Å². The Hall–Kier alpha value is -1.31. The molecule has 0 fully saturated rings. The van der Waals surface area contributed by atoms with Gasteiger partial charge in [0.1, 0.15) is 0 Å². The van der Waals surface area contributed by atoms with Crippen LogP contribution in [0, 0.1) is 12.1 Å². The third-order valence-corrected chi connectivity index (χ3v) is 1.30. The van der Waals surface area contributed by atoms with Gasteiger partial charge in [-0.25, -0.2) is 5.16 Å². The van der Waals surface area contributed by atoms with Crippen molar-refractivity contribution in [3.8, 4) is 0 Å². The molecule has 0 aliphatic heterocycles. The van der Waals surface area contributed by atoms with Crippen LogP contribution in [0.15, 0.2) is 24.3 Å². The molecule has 0 atom stereocenters. The van der Waals surface area contributed by atoms with Crippen LogP contribution in [0.5, 0.6) is 0 Å². The summed E-state index contributed by atoms with van der Waals surface area (Å²) < 4.78 is 0. The van der Waals surface area contributed by atoms with Crippen LogP contribution >= 0.6 is 0 Å². The van der Waals surface area contributed by atoms with Crippen molar-refractivity contribution >= 4 is 6.21 Å². The molecule has 2 nitrogen and oxygen atoms in total. The molecule has 0 bridgehead atoms. The molecule has 0 aliphatic carbocycles. The topological polar surface area (TPSA) is 37.0 Å². The Labute approximate surface area is 59.8 Å². The molecule has 1 aromatic rings. The Balaban J connectivity index is 2.89. The summed E-state index contributed by atoms with van der Waals surface area (Å²) in [4.78, 5) is 0. The molecule has 0 aromatic heterocycles. The van der Waals surface area contributed by atoms with E-state index in [4.69, 9.17) is 0 Å². The second-order valence-electron chi connectivity index (χ2n) is 2.17. The van der Waals surface area contributed by atoms with Crippen LogP contribution in [0.25, 0.3) is 0 Å². The van der Waals surface area contributed by atoms with Gasteiger partial charge in [-0.05, 0) is 19.1 Å². The Morgan fingerprint density at radius 1 is 1.30 bits per heavy atom. The number of nitrogens with one attached hydrogen (secondary N) is 1. The highest BCUT2D eigenvalue weighted by Crippen LogP contribution is 1.98. The van der Waals surface area contributed by atoms with Crippen LogP contribution in [0.3, 0.4) is 0 Å². The second-order valence-corrected chi connectivity index (χ2v) is 2.17. The van der Waals surface area contributed by atoms with Crippen LogP contribution in [0.1, 0.15) is 11.1 Å². The minimum Gasteiger partial charge on any atom is -0.625 e. The second kappa shape index (κ2) is 3.01. The smallest absolute Gasteiger partial charge is 0.179 e. The highest BCUT2D eigenvalue weighted by Gasteiger charge is 1.87. The standard InChI is InChI=1S/C8H9NO/c1-7-2-4-8(5-3-7)6-9-10/h2-6,9H,1H3. The molecule has 0 amide bonds. The van der Waals surface area contributed by atoms with Gasteiger partial charge in [0, 0.05) is 5.56 Å². The summed E-state index contributed by atoms with van der Waals surface area (Å²) in [6.07, 6.45) is 1.42. The van der Waals surface area contributed by atoms with Gasteiger partial charge < -0.3 is 5.21 Å². The fourth-order valence-electron chi connectivity index (χ4n) is 0.731. The van der Waals surface area contributed by atoms with Crippen molar-refractivity contribution in [2.45, 2.75) is 6.92 Å². The van der Waals surface area contributed by atoms with Gasteiger partial charge in [-0.2, -0.15) is 0 Å². The fourth-order valence-corrected chi connectivity index (χ4v) is 0.731. The molecule has 0 radical (unpaired) electrons. The molecule has 0 saturated heterocycles. The quantitative estimate of drug-likeness (QED) is 0.328. The van der Waals surface area contributed by atoms with Gasteiger partial charge in [-0.15, -0.1) is 0 Å². The van der Waals surface area contributed by atoms with E-state index in [-0.39, 0.29) is 0 Å². The lowest BCUT2D eigenvalue weighted by atomic mass is 10.2.